The van der Waals surface area contributed by atoms with E-state index < -0.39 is 0 Å². The highest BCUT2D eigenvalue weighted by Crippen LogP contribution is 2.17. The van der Waals surface area contributed by atoms with Crippen molar-refractivity contribution in [3.63, 3.8) is 0 Å². The first-order chi connectivity index (χ1) is 12.5. The molecule has 7 heteroatoms. The third-order valence-electron chi connectivity index (χ3n) is 5.07. The summed E-state index contributed by atoms with van der Waals surface area (Å²) in [4.78, 5) is 7.03. The van der Waals surface area contributed by atoms with E-state index >= 15 is 0 Å². The van der Waals surface area contributed by atoms with Crippen LogP contribution in [-0.4, -0.2) is 59.9 Å². The predicted octanol–water partition coefficient (Wildman–Crippen LogP) is 3.18. The standard InChI is InChI=1S/C20H38N6.HI/c1-16(2)13-19(25-10-6-7-11-25)15-23-20(21-5)22-9-8-12-26-18(4)14-17(3)24-26;/h14,16,19H,6-13,15H2,1-5H3,(H2,21,22,23);1H. The van der Waals surface area contributed by atoms with Crippen molar-refractivity contribution in [1.82, 2.24) is 25.3 Å². The van der Waals surface area contributed by atoms with E-state index in [-0.39, 0.29) is 24.0 Å². The minimum Gasteiger partial charge on any atom is -0.356 e. The second-order valence-electron chi connectivity index (χ2n) is 7.91. The average Bonchev–Trinajstić information content (AvgIpc) is 3.22. The molecule has 156 valence electrons. The first-order valence-electron chi connectivity index (χ1n) is 10.2. The topological polar surface area (TPSA) is 57.5 Å². The van der Waals surface area contributed by atoms with Gasteiger partial charge in [-0.25, -0.2) is 0 Å². The third kappa shape index (κ3) is 8.37. The van der Waals surface area contributed by atoms with Crippen LogP contribution in [-0.2, 0) is 6.54 Å². The van der Waals surface area contributed by atoms with Crippen LogP contribution >= 0.6 is 24.0 Å². The molecule has 0 saturated carbocycles. The molecule has 1 saturated heterocycles. The Morgan fingerprint density at radius 3 is 2.48 bits per heavy atom. The zero-order chi connectivity index (χ0) is 18.9. The summed E-state index contributed by atoms with van der Waals surface area (Å²) in [6.07, 6.45) is 4.95. The van der Waals surface area contributed by atoms with Gasteiger partial charge in [0.15, 0.2) is 5.96 Å². The molecule has 2 N–H and O–H groups in total. The molecular weight excluding hydrogens is 451 g/mol. The Hall–Kier alpha value is -0.830. The van der Waals surface area contributed by atoms with Gasteiger partial charge in [-0.05, 0) is 64.6 Å². The molecule has 1 aliphatic rings. The molecule has 1 aliphatic heterocycles. The lowest BCUT2D eigenvalue weighted by molar-refractivity contribution is 0.213. The van der Waals surface area contributed by atoms with E-state index in [1.165, 1.54) is 38.0 Å². The van der Waals surface area contributed by atoms with Gasteiger partial charge < -0.3 is 10.6 Å². The van der Waals surface area contributed by atoms with Crippen molar-refractivity contribution in [2.75, 3.05) is 33.2 Å². The molecule has 0 amide bonds. The second kappa shape index (κ2) is 12.6. The van der Waals surface area contributed by atoms with Crippen molar-refractivity contribution in [2.24, 2.45) is 10.9 Å². The van der Waals surface area contributed by atoms with E-state index in [2.05, 4.69) is 57.1 Å². The first-order valence-corrected chi connectivity index (χ1v) is 10.2. The number of hydrogen-bond donors (Lipinski definition) is 2. The summed E-state index contributed by atoms with van der Waals surface area (Å²) < 4.78 is 2.08. The van der Waals surface area contributed by atoms with Crippen LogP contribution in [0.3, 0.4) is 0 Å². The summed E-state index contributed by atoms with van der Waals surface area (Å²) in [5.74, 6) is 1.63. The normalized spacial score (nSPS) is 16.4. The van der Waals surface area contributed by atoms with E-state index in [9.17, 15) is 0 Å². The van der Waals surface area contributed by atoms with Crippen molar-refractivity contribution in [2.45, 2.75) is 66.0 Å². The largest absolute Gasteiger partial charge is 0.356 e. The fourth-order valence-electron chi connectivity index (χ4n) is 3.78. The summed E-state index contributed by atoms with van der Waals surface area (Å²) >= 11 is 0. The highest BCUT2D eigenvalue weighted by molar-refractivity contribution is 14.0. The second-order valence-corrected chi connectivity index (χ2v) is 7.91. The van der Waals surface area contributed by atoms with Crippen molar-refractivity contribution in [1.29, 1.82) is 0 Å². The Morgan fingerprint density at radius 1 is 1.22 bits per heavy atom. The van der Waals surface area contributed by atoms with Crippen molar-refractivity contribution in [3.8, 4) is 0 Å². The maximum Gasteiger partial charge on any atom is 0.191 e. The number of guanidine groups is 1. The number of aryl methyl sites for hydroxylation is 3. The first kappa shape index (κ1) is 24.2. The van der Waals surface area contributed by atoms with Gasteiger partial charge in [0.2, 0.25) is 0 Å². The zero-order valence-electron chi connectivity index (χ0n) is 17.8. The van der Waals surface area contributed by atoms with Crippen LogP contribution in [0.2, 0.25) is 0 Å². The molecule has 2 rings (SSSR count). The fraction of sp³-hybridized carbons (Fsp3) is 0.800. The number of likely N-dealkylation sites (tertiary alicyclic amines) is 1. The Labute approximate surface area is 182 Å². The van der Waals surface area contributed by atoms with Gasteiger partial charge in [0.25, 0.3) is 0 Å². The number of halogens is 1. The third-order valence-corrected chi connectivity index (χ3v) is 5.07. The number of aliphatic imine (C=N–C) groups is 1. The quantitative estimate of drug-likeness (QED) is 0.242. The SMILES string of the molecule is CN=C(NCCCn1nc(C)cc1C)NCC(CC(C)C)N1CCCC1.I. The monoisotopic (exact) mass is 490 g/mol. The van der Waals surface area contributed by atoms with E-state index in [1.54, 1.807) is 0 Å². The van der Waals surface area contributed by atoms with Gasteiger partial charge in [-0.2, -0.15) is 5.10 Å². The molecule has 0 aromatic carbocycles. The van der Waals surface area contributed by atoms with Crippen LogP contribution in [0.15, 0.2) is 11.1 Å². The summed E-state index contributed by atoms with van der Waals surface area (Å²) in [7, 11) is 1.85. The minimum atomic E-state index is 0. The van der Waals surface area contributed by atoms with Gasteiger partial charge in [-0.1, -0.05) is 13.8 Å². The van der Waals surface area contributed by atoms with Crippen LogP contribution in [0.1, 0.15) is 50.9 Å². The van der Waals surface area contributed by atoms with E-state index in [0.29, 0.717) is 6.04 Å². The number of nitrogens with zero attached hydrogens (tertiary/aromatic N) is 4. The minimum absolute atomic E-state index is 0. The molecule has 0 radical (unpaired) electrons. The smallest absolute Gasteiger partial charge is 0.191 e. The number of aromatic nitrogens is 2. The van der Waals surface area contributed by atoms with Crippen LogP contribution < -0.4 is 10.6 Å². The van der Waals surface area contributed by atoms with Crippen molar-refractivity contribution < 1.29 is 0 Å². The average molecular weight is 490 g/mol. The van der Waals surface area contributed by atoms with Crippen LogP contribution in [0.4, 0.5) is 0 Å². The van der Waals surface area contributed by atoms with Gasteiger partial charge in [0, 0.05) is 38.4 Å². The molecule has 0 aliphatic carbocycles. The lowest BCUT2D eigenvalue weighted by atomic mass is 10.0. The molecule has 2 heterocycles. The van der Waals surface area contributed by atoms with Gasteiger partial charge in [0.1, 0.15) is 0 Å². The fourth-order valence-corrected chi connectivity index (χ4v) is 3.78. The van der Waals surface area contributed by atoms with Crippen molar-refractivity contribution in [3.05, 3.63) is 17.5 Å². The van der Waals surface area contributed by atoms with E-state index in [4.69, 9.17) is 0 Å². The molecular formula is C20H39IN6. The Bertz CT molecular complexity index is 563. The highest BCUT2D eigenvalue weighted by Gasteiger charge is 2.22. The lowest BCUT2D eigenvalue weighted by Gasteiger charge is -2.29. The molecule has 0 bridgehead atoms. The molecule has 0 spiro atoms. The predicted molar refractivity (Wildman–Crippen MR) is 125 cm³/mol. The van der Waals surface area contributed by atoms with Gasteiger partial charge >= 0.3 is 0 Å². The van der Waals surface area contributed by atoms with E-state index in [1.807, 2.05) is 14.0 Å². The maximum atomic E-state index is 4.52. The molecule has 1 aromatic heterocycles. The molecule has 1 aromatic rings. The zero-order valence-corrected chi connectivity index (χ0v) is 20.1. The van der Waals surface area contributed by atoms with Gasteiger partial charge in [0.05, 0.1) is 5.69 Å². The van der Waals surface area contributed by atoms with Crippen LogP contribution in [0.5, 0.6) is 0 Å². The number of hydrogen-bond acceptors (Lipinski definition) is 3. The number of nitrogens with one attached hydrogen (secondary N) is 2. The molecule has 1 unspecified atom stereocenters. The summed E-state index contributed by atoms with van der Waals surface area (Å²) in [6, 6.07) is 2.73. The summed E-state index contributed by atoms with van der Waals surface area (Å²) in [6.45, 7) is 14.1. The molecule has 1 atom stereocenters. The maximum absolute atomic E-state index is 4.52. The Balaban J connectivity index is 0.00000364. The Morgan fingerprint density at radius 2 is 1.93 bits per heavy atom. The molecule has 27 heavy (non-hydrogen) atoms. The molecule has 1 fully saturated rings. The van der Waals surface area contributed by atoms with Gasteiger partial charge in [-0.15, -0.1) is 24.0 Å². The van der Waals surface area contributed by atoms with Gasteiger partial charge in [-0.3, -0.25) is 14.6 Å². The van der Waals surface area contributed by atoms with E-state index in [0.717, 1.165) is 43.6 Å². The summed E-state index contributed by atoms with van der Waals surface area (Å²) in [5, 5.41) is 11.5. The van der Waals surface area contributed by atoms with Crippen LogP contribution in [0.25, 0.3) is 0 Å². The van der Waals surface area contributed by atoms with Crippen LogP contribution in [0, 0.1) is 19.8 Å². The Kier molecular flexibility index (Phi) is 11.3. The highest BCUT2D eigenvalue weighted by atomic mass is 127. The van der Waals surface area contributed by atoms with Crippen molar-refractivity contribution >= 4 is 29.9 Å². The summed E-state index contributed by atoms with van der Waals surface area (Å²) in [5.41, 5.74) is 2.32. The lowest BCUT2D eigenvalue weighted by Crippen LogP contribution is -2.47. The molecule has 6 nitrogen and oxygen atoms in total. The number of rotatable bonds is 9.